The Morgan fingerprint density at radius 1 is 1.21 bits per heavy atom. The van der Waals surface area contributed by atoms with E-state index in [-0.39, 0.29) is 11.8 Å². The highest BCUT2D eigenvalue weighted by molar-refractivity contribution is 5.95. The maximum Gasteiger partial charge on any atom is 0.289 e. The lowest BCUT2D eigenvalue weighted by molar-refractivity contribution is 0.0675. The normalized spacial score (nSPS) is 16.0. The number of hydrogen-bond acceptors (Lipinski definition) is 6. The number of nitrogens with zero attached hydrogens (tertiary/aromatic N) is 4. The minimum Gasteiger partial charge on any atom is -0.449 e. The van der Waals surface area contributed by atoms with Crippen LogP contribution in [0, 0.1) is 13.8 Å². The second-order valence-electron chi connectivity index (χ2n) is 6.19. The number of hydrogen-bond donors (Lipinski definition) is 0. The largest absolute Gasteiger partial charge is 0.449 e. The Bertz CT molecular complexity index is 890. The molecule has 0 unspecified atom stereocenters. The lowest BCUT2D eigenvalue weighted by atomic mass is 9.96. The van der Waals surface area contributed by atoms with E-state index in [1.807, 2.05) is 30.9 Å². The zero-order valence-corrected chi connectivity index (χ0v) is 13.7. The van der Waals surface area contributed by atoms with E-state index in [0.717, 1.165) is 24.1 Å². The molecule has 1 amide bonds. The summed E-state index contributed by atoms with van der Waals surface area (Å²) in [5.74, 6) is 1.79. The predicted molar refractivity (Wildman–Crippen MR) is 85.7 cm³/mol. The number of pyridine rings is 1. The molecule has 7 nitrogen and oxygen atoms in total. The fourth-order valence-electron chi connectivity index (χ4n) is 3.10. The molecule has 24 heavy (non-hydrogen) atoms. The van der Waals surface area contributed by atoms with Crippen LogP contribution in [0.25, 0.3) is 11.1 Å². The van der Waals surface area contributed by atoms with Crippen LogP contribution >= 0.6 is 0 Å². The average molecular weight is 326 g/mol. The van der Waals surface area contributed by atoms with E-state index in [9.17, 15) is 4.79 Å². The van der Waals surface area contributed by atoms with Crippen molar-refractivity contribution < 1.29 is 13.7 Å². The first kappa shape index (κ1) is 14.9. The highest BCUT2D eigenvalue weighted by atomic mass is 16.5. The Balaban J connectivity index is 1.47. The molecule has 1 saturated heterocycles. The minimum atomic E-state index is -0.0918. The number of carbonyl (C=O) groups excluding carboxylic acids is 1. The molecular formula is C17H18N4O3. The first-order valence-corrected chi connectivity index (χ1v) is 8.07. The highest BCUT2D eigenvalue weighted by Gasteiger charge is 2.29. The van der Waals surface area contributed by atoms with Gasteiger partial charge in [-0.15, -0.1) is 0 Å². The van der Waals surface area contributed by atoms with Gasteiger partial charge < -0.3 is 13.8 Å². The number of likely N-dealkylation sites (tertiary alicyclic amines) is 1. The molecule has 0 spiro atoms. The van der Waals surface area contributed by atoms with Crippen molar-refractivity contribution in [2.75, 3.05) is 13.1 Å². The zero-order chi connectivity index (χ0) is 16.7. The SMILES string of the molecule is Cc1ccc2oc(C(=O)N3CCC(c4nc(C)no4)CC3)cc2n1. The van der Waals surface area contributed by atoms with Crippen LogP contribution in [0.5, 0.6) is 0 Å². The van der Waals surface area contributed by atoms with Crippen LogP contribution in [-0.2, 0) is 0 Å². The molecule has 4 rings (SSSR count). The van der Waals surface area contributed by atoms with Gasteiger partial charge in [0.1, 0.15) is 5.52 Å². The molecule has 0 atom stereocenters. The van der Waals surface area contributed by atoms with Gasteiger partial charge in [0.25, 0.3) is 5.91 Å². The lowest BCUT2D eigenvalue weighted by Gasteiger charge is -2.29. The van der Waals surface area contributed by atoms with Crippen molar-refractivity contribution in [1.82, 2.24) is 20.0 Å². The van der Waals surface area contributed by atoms with Crippen LogP contribution in [0.1, 0.15) is 46.7 Å². The summed E-state index contributed by atoms with van der Waals surface area (Å²) >= 11 is 0. The summed E-state index contributed by atoms with van der Waals surface area (Å²) < 4.78 is 10.9. The summed E-state index contributed by atoms with van der Waals surface area (Å²) in [7, 11) is 0. The van der Waals surface area contributed by atoms with Gasteiger partial charge in [-0.3, -0.25) is 4.79 Å². The molecule has 1 aliphatic rings. The monoisotopic (exact) mass is 326 g/mol. The van der Waals surface area contributed by atoms with Crippen molar-refractivity contribution in [3.8, 4) is 0 Å². The second kappa shape index (κ2) is 5.74. The van der Waals surface area contributed by atoms with Crippen LogP contribution in [-0.4, -0.2) is 39.0 Å². The number of carbonyl (C=O) groups is 1. The average Bonchev–Trinajstić information content (AvgIpc) is 3.20. The Morgan fingerprint density at radius 3 is 2.71 bits per heavy atom. The van der Waals surface area contributed by atoms with Crippen molar-refractivity contribution in [3.63, 3.8) is 0 Å². The Hall–Kier alpha value is -2.70. The molecule has 0 radical (unpaired) electrons. The molecule has 0 aliphatic carbocycles. The Kier molecular flexibility index (Phi) is 3.55. The molecule has 3 aromatic rings. The third kappa shape index (κ3) is 2.66. The fourth-order valence-corrected chi connectivity index (χ4v) is 3.10. The molecule has 1 fully saturated rings. The Morgan fingerprint density at radius 2 is 2.00 bits per heavy atom. The molecule has 7 heteroatoms. The van der Waals surface area contributed by atoms with Crippen LogP contribution < -0.4 is 0 Å². The van der Waals surface area contributed by atoms with Crippen LogP contribution in [0.4, 0.5) is 0 Å². The molecule has 124 valence electrons. The maximum atomic E-state index is 12.7. The summed E-state index contributed by atoms with van der Waals surface area (Å²) in [5, 5.41) is 3.84. The van der Waals surface area contributed by atoms with Gasteiger partial charge in [-0.1, -0.05) is 5.16 Å². The summed E-state index contributed by atoms with van der Waals surface area (Å²) in [4.78, 5) is 23.1. The predicted octanol–water partition coefficient (Wildman–Crippen LogP) is 2.85. The maximum absolute atomic E-state index is 12.7. The summed E-state index contributed by atoms with van der Waals surface area (Å²) in [6.45, 7) is 5.02. The molecule has 3 aromatic heterocycles. The quantitative estimate of drug-likeness (QED) is 0.720. The second-order valence-corrected chi connectivity index (χ2v) is 6.19. The van der Waals surface area contributed by atoms with Gasteiger partial charge in [0.05, 0.1) is 0 Å². The smallest absolute Gasteiger partial charge is 0.289 e. The topological polar surface area (TPSA) is 85.3 Å². The third-order valence-corrected chi connectivity index (χ3v) is 4.40. The van der Waals surface area contributed by atoms with Crippen LogP contribution in [0.3, 0.4) is 0 Å². The number of furan rings is 1. The molecule has 0 bridgehead atoms. The number of aromatic nitrogens is 3. The number of amides is 1. The number of fused-ring (bicyclic) bond motifs is 1. The highest BCUT2D eigenvalue weighted by Crippen LogP contribution is 2.28. The van der Waals surface area contributed by atoms with E-state index in [1.54, 1.807) is 6.07 Å². The summed E-state index contributed by atoms with van der Waals surface area (Å²) in [6, 6.07) is 5.44. The van der Waals surface area contributed by atoms with Gasteiger partial charge in [-0.2, -0.15) is 4.98 Å². The van der Waals surface area contributed by atoms with Crippen LogP contribution in [0.2, 0.25) is 0 Å². The van der Waals surface area contributed by atoms with E-state index in [0.29, 0.717) is 36.1 Å². The number of piperidine rings is 1. The van der Waals surface area contributed by atoms with Gasteiger partial charge in [0, 0.05) is 30.8 Å². The van der Waals surface area contributed by atoms with Crippen LogP contribution in [0.15, 0.2) is 27.1 Å². The number of aryl methyl sites for hydroxylation is 2. The van der Waals surface area contributed by atoms with E-state index in [1.165, 1.54) is 0 Å². The first-order valence-electron chi connectivity index (χ1n) is 8.07. The van der Waals surface area contributed by atoms with E-state index >= 15 is 0 Å². The van der Waals surface area contributed by atoms with Crippen molar-refractivity contribution in [2.45, 2.75) is 32.6 Å². The number of rotatable bonds is 2. The summed E-state index contributed by atoms with van der Waals surface area (Å²) in [5.41, 5.74) is 2.26. The molecule has 0 N–H and O–H groups in total. The van der Waals surface area contributed by atoms with Gasteiger partial charge in [0.15, 0.2) is 17.2 Å². The van der Waals surface area contributed by atoms with Gasteiger partial charge >= 0.3 is 0 Å². The lowest BCUT2D eigenvalue weighted by Crippen LogP contribution is -2.37. The minimum absolute atomic E-state index is 0.0918. The molecular weight excluding hydrogens is 308 g/mol. The van der Waals surface area contributed by atoms with Gasteiger partial charge in [-0.25, -0.2) is 4.98 Å². The fraction of sp³-hybridized carbons (Fsp3) is 0.412. The van der Waals surface area contributed by atoms with E-state index < -0.39 is 0 Å². The first-order chi connectivity index (χ1) is 11.6. The molecule has 0 saturated carbocycles. The zero-order valence-electron chi connectivity index (χ0n) is 13.7. The van der Waals surface area contributed by atoms with E-state index in [2.05, 4.69) is 15.1 Å². The standard InChI is InChI=1S/C17H18N4O3/c1-10-3-4-14-13(18-10)9-15(23-14)17(22)21-7-5-12(6-8-21)16-19-11(2)20-24-16/h3-4,9,12H,5-8H2,1-2H3. The van der Waals surface area contributed by atoms with Crippen molar-refractivity contribution in [3.05, 3.63) is 41.4 Å². The third-order valence-electron chi connectivity index (χ3n) is 4.40. The Labute approximate surface area is 138 Å². The van der Waals surface area contributed by atoms with Crippen molar-refractivity contribution >= 4 is 17.0 Å². The summed E-state index contributed by atoms with van der Waals surface area (Å²) in [6.07, 6.45) is 1.62. The molecule has 0 aromatic carbocycles. The van der Waals surface area contributed by atoms with Gasteiger partial charge in [-0.05, 0) is 38.8 Å². The van der Waals surface area contributed by atoms with Crippen molar-refractivity contribution in [1.29, 1.82) is 0 Å². The van der Waals surface area contributed by atoms with E-state index in [4.69, 9.17) is 8.94 Å². The molecule has 1 aliphatic heterocycles. The van der Waals surface area contributed by atoms with Crippen molar-refractivity contribution in [2.24, 2.45) is 0 Å². The van der Waals surface area contributed by atoms with Gasteiger partial charge in [0.2, 0.25) is 5.89 Å². The molecule has 4 heterocycles.